The van der Waals surface area contributed by atoms with Crippen molar-refractivity contribution in [2.24, 2.45) is 0 Å². The summed E-state index contributed by atoms with van der Waals surface area (Å²) >= 11 is 0. The molecular weight excluding hydrogens is 205 g/mol. The van der Waals surface area contributed by atoms with Crippen LogP contribution >= 0.6 is 0 Å². The molecule has 16 heavy (non-hydrogen) atoms. The molecule has 0 saturated carbocycles. The fraction of sp³-hybridized carbons (Fsp3) is 0.455. The third kappa shape index (κ3) is 1.76. The number of rotatable bonds is 1. The Morgan fingerprint density at radius 2 is 2.00 bits per heavy atom. The Kier molecular flexibility index (Phi) is 2.40. The number of nitrogens with one attached hydrogen (secondary N) is 1. The first kappa shape index (κ1) is 11.3. The van der Waals surface area contributed by atoms with Crippen LogP contribution in [0.4, 0.5) is 0 Å². The van der Waals surface area contributed by atoms with Crippen molar-refractivity contribution in [1.82, 2.24) is 4.98 Å². The van der Waals surface area contributed by atoms with Crippen molar-refractivity contribution in [2.75, 3.05) is 0 Å². The highest BCUT2D eigenvalue weighted by atomic mass is 16.7. The molecule has 5 heteroatoms. The molecule has 0 bridgehead atoms. The summed E-state index contributed by atoms with van der Waals surface area (Å²) in [6.45, 7) is 9.76. The molecule has 0 spiro atoms. The van der Waals surface area contributed by atoms with Gasteiger partial charge in [-0.3, -0.25) is 4.79 Å². The van der Waals surface area contributed by atoms with Gasteiger partial charge in [0.2, 0.25) is 11.2 Å². The molecule has 1 aliphatic rings. The van der Waals surface area contributed by atoms with Gasteiger partial charge in [0, 0.05) is 19.2 Å². The summed E-state index contributed by atoms with van der Waals surface area (Å²) < 4.78 is 11.5. The molecule has 1 unspecified atom stereocenters. The second-order valence-electron chi connectivity index (χ2n) is 4.80. The molecular formula is C11H15BNO3+. The number of hydrogen-bond acceptors (Lipinski definition) is 3. The molecule has 1 atom stereocenters. The third-order valence-corrected chi connectivity index (χ3v) is 3.12. The Bertz CT molecular complexity index is 416. The van der Waals surface area contributed by atoms with Crippen molar-refractivity contribution in [1.29, 1.82) is 0 Å². The van der Waals surface area contributed by atoms with E-state index in [2.05, 4.69) is 11.9 Å². The van der Waals surface area contributed by atoms with Crippen LogP contribution in [0, 0.1) is 6.92 Å². The van der Waals surface area contributed by atoms with E-state index >= 15 is 0 Å². The Morgan fingerprint density at radius 1 is 1.31 bits per heavy atom. The van der Waals surface area contributed by atoms with Crippen LogP contribution < -0.4 is 11.0 Å². The fourth-order valence-corrected chi connectivity index (χ4v) is 1.50. The van der Waals surface area contributed by atoms with Crippen LogP contribution in [0.25, 0.3) is 0 Å². The van der Waals surface area contributed by atoms with Gasteiger partial charge in [-0.25, -0.2) is 0 Å². The lowest BCUT2D eigenvalue weighted by molar-refractivity contribution is 0.0262. The molecule has 1 fully saturated rings. The summed E-state index contributed by atoms with van der Waals surface area (Å²) in [5, 5.41) is 0. The van der Waals surface area contributed by atoms with Crippen molar-refractivity contribution < 1.29 is 9.31 Å². The van der Waals surface area contributed by atoms with Crippen molar-refractivity contribution in [3.63, 3.8) is 0 Å². The molecule has 0 aliphatic carbocycles. The zero-order chi connectivity index (χ0) is 12.0. The average molecular weight is 220 g/mol. The van der Waals surface area contributed by atoms with E-state index in [1.165, 1.54) is 6.07 Å². The number of hydrogen-bond donors (Lipinski definition) is 1. The van der Waals surface area contributed by atoms with Crippen molar-refractivity contribution >= 4 is 12.6 Å². The first-order valence-electron chi connectivity index (χ1n) is 5.21. The lowest BCUT2D eigenvalue weighted by Gasteiger charge is -2.25. The van der Waals surface area contributed by atoms with Crippen LogP contribution in [-0.2, 0) is 9.31 Å². The summed E-state index contributed by atoms with van der Waals surface area (Å²) in [5.74, 6) is 0. The van der Waals surface area contributed by atoms with E-state index in [9.17, 15) is 4.79 Å². The maximum absolute atomic E-state index is 10.9. The monoisotopic (exact) mass is 220 g/mol. The quantitative estimate of drug-likeness (QED) is 0.553. The SMILES string of the molecule is [CH2+]C1(C)OB(c2ccc(=O)[nH]c2)OC1(C)C. The third-order valence-electron chi connectivity index (χ3n) is 3.12. The lowest BCUT2D eigenvalue weighted by atomic mass is 9.80. The first-order chi connectivity index (χ1) is 7.32. The predicted molar refractivity (Wildman–Crippen MR) is 62.5 cm³/mol. The van der Waals surface area contributed by atoms with Gasteiger partial charge in [0.25, 0.3) is 0 Å². The minimum Gasteiger partial charge on any atom is -0.395 e. The van der Waals surface area contributed by atoms with Crippen LogP contribution in [0.1, 0.15) is 20.8 Å². The van der Waals surface area contributed by atoms with Crippen molar-refractivity contribution in [2.45, 2.75) is 32.0 Å². The highest BCUT2D eigenvalue weighted by Crippen LogP contribution is 2.35. The second kappa shape index (κ2) is 3.40. The molecule has 1 aromatic heterocycles. The molecule has 2 rings (SSSR count). The number of aromatic amines is 1. The normalized spacial score (nSPS) is 28.3. The number of aromatic nitrogens is 1. The van der Waals surface area contributed by atoms with Gasteiger partial charge in [0.15, 0.2) is 0 Å². The summed E-state index contributed by atoms with van der Waals surface area (Å²) in [5.41, 5.74) is -0.417. The molecule has 0 aromatic carbocycles. The Hall–Kier alpha value is -1.20. The number of pyridine rings is 1. The molecule has 1 saturated heterocycles. The summed E-state index contributed by atoms with van der Waals surface area (Å²) in [7, 11) is -0.477. The van der Waals surface area contributed by atoms with E-state index in [4.69, 9.17) is 9.31 Å². The summed E-state index contributed by atoms with van der Waals surface area (Å²) in [6.07, 6.45) is 1.60. The molecule has 1 aromatic rings. The van der Waals surface area contributed by atoms with Gasteiger partial charge in [-0.1, -0.05) is 6.07 Å². The fourth-order valence-electron chi connectivity index (χ4n) is 1.50. The summed E-state index contributed by atoms with van der Waals surface area (Å²) in [6, 6.07) is 3.15. The van der Waals surface area contributed by atoms with Gasteiger partial charge in [-0.2, -0.15) is 0 Å². The molecule has 2 heterocycles. The van der Waals surface area contributed by atoms with Gasteiger partial charge in [0.05, 0.1) is 6.92 Å². The molecule has 0 radical (unpaired) electrons. The smallest absolute Gasteiger partial charge is 0.395 e. The van der Waals surface area contributed by atoms with Crippen LogP contribution in [-0.4, -0.2) is 23.3 Å². The minimum atomic E-state index is -0.603. The zero-order valence-corrected chi connectivity index (χ0v) is 9.74. The minimum absolute atomic E-state index is 0.140. The van der Waals surface area contributed by atoms with Crippen molar-refractivity contribution in [3.05, 3.63) is 35.6 Å². The second-order valence-corrected chi connectivity index (χ2v) is 4.80. The van der Waals surface area contributed by atoms with Gasteiger partial charge in [-0.15, -0.1) is 0 Å². The van der Waals surface area contributed by atoms with Crippen LogP contribution in [0.3, 0.4) is 0 Å². The predicted octanol–water partition coefficient (Wildman–Crippen LogP) is 0.488. The van der Waals surface area contributed by atoms with Crippen LogP contribution in [0.2, 0.25) is 0 Å². The van der Waals surface area contributed by atoms with E-state index in [0.717, 1.165) is 5.46 Å². The standard InChI is InChI=1S/C11H14BNO3/c1-10(2)11(3,4)16-12(15-10)8-5-6-9(14)13-7-8/h5-7H,1H2,2-4H3/p+1. The zero-order valence-electron chi connectivity index (χ0n) is 9.74. The van der Waals surface area contributed by atoms with E-state index in [-0.39, 0.29) is 5.56 Å². The molecule has 1 aliphatic heterocycles. The Morgan fingerprint density at radius 3 is 2.44 bits per heavy atom. The number of H-pyrrole nitrogens is 1. The topological polar surface area (TPSA) is 51.3 Å². The maximum atomic E-state index is 10.9. The Labute approximate surface area is 95.1 Å². The van der Waals surface area contributed by atoms with Gasteiger partial charge < -0.3 is 14.3 Å². The van der Waals surface area contributed by atoms with E-state index < -0.39 is 18.3 Å². The molecule has 4 nitrogen and oxygen atoms in total. The van der Waals surface area contributed by atoms with Crippen LogP contribution in [0.5, 0.6) is 0 Å². The van der Waals surface area contributed by atoms with Crippen LogP contribution in [0.15, 0.2) is 23.1 Å². The van der Waals surface area contributed by atoms with E-state index in [1.54, 1.807) is 12.3 Å². The molecule has 84 valence electrons. The molecule has 1 N–H and O–H groups in total. The average Bonchev–Trinajstić information content (AvgIpc) is 2.37. The maximum Gasteiger partial charge on any atom is 0.499 e. The van der Waals surface area contributed by atoms with E-state index in [1.807, 2.05) is 20.8 Å². The summed E-state index contributed by atoms with van der Waals surface area (Å²) in [4.78, 5) is 13.5. The highest BCUT2D eigenvalue weighted by molar-refractivity contribution is 6.62. The highest BCUT2D eigenvalue weighted by Gasteiger charge is 2.57. The Balaban J connectivity index is 2.27. The molecule has 0 amide bonds. The lowest BCUT2D eigenvalue weighted by Crippen LogP contribution is -2.42. The first-order valence-corrected chi connectivity index (χ1v) is 5.21. The van der Waals surface area contributed by atoms with Gasteiger partial charge >= 0.3 is 7.12 Å². The van der Waals surface area contributed by atoms with E-state index in [0.29, 0.717) is 0 Å². The largest absolute Gasteiger partial charge is 0.499 e. The van der Waals surface area contributed by atoms with Gasteiger partial charge in [0.1, 0.15) is 5.60 Å². The van der Waals surface area contributed by atoms with Gasteiger partial charge in [-0.05, 0) is 19.3 Å². The van der Waals surface area contributed by atoms with Crippen molar-refractivity contribution in [3.8, 4) is 0 Å².